The summed E-state index contributed by atoms with van der Waals surface area (Å²) in [6.45, 7) is 3.38. The molecule has 5 fully saturated rings. The number of likely N-dealkylation sites (tertiary alicyclic amines) is 1. The zero-order valence-electron chi connectivity index (χ0n) is 16.1. The molecule has 0 radical (unpaired) electrons. The summed E-state index contributed by atoms with van der Waals surface area (Å²) in [5.41, 5.74) is 1.01. The highest BCUT2D eigenvalue weighted by Gasteiger charge is 2.59. The van der Waals surface area contributed by atoms with Gasteiger partial charge in [0.2, 0.25) is 5.91 Å². The van der Waals surface area contributed by atoms with Crippen molar-refractivity contribution in [1.29, 1.82) is 0 Å². The molecule has 146 valence electrons. The van der Waals surface area contributed by atoms with Gasteiger partial charge in [-0.25, -0.2) is 4.39 Å². The summed E-state index contributed by atoms with van der Waals surface area (Å²) < 4.78 is 13.9. The summed E-state index contributed by atoms with van der Waals surface area (Å²) in [5, 5.41) is 9.60. The molecule has 4 aliphatic carbocycles. The molecule has 4 heteroatoms. The van der Waals surface area contributed by atoms with E-state index in [1.807, 2.05) is 11.0 Å². The Labute approximate surface area is 160 Å². The number of hydrogen-bond acceptors (Lipinski definition) is 2. The second-order valence-electron chi connectivity index (χ2n) is 9.89. The number of β-amino-alcohol motifs (C(OH)–C–C–N with tert-alkyl or cyclic N) is 1. The lowest BCUT2D eigenvalue weighted by Crippen LogP contribution is -2.60. The number of aliphatic hydroxyl groups is 1. The predicted octanol–water partition coefficient (Wildman–Crippen LogP) is 3.65. The van der Waals surface area contributed by atoms with Crippen LogP contribution >= 0.6 is 0 Å². The van der Waals surface area contributed by atoms with Crippen molar-refractivity contribution in [2.45, 2.75) is 51.6 Å². The van der Waals surface area contributed by atoms with Crippen LogP contribution in [0.25, 0.3) is 0 Å². The fraction of sp³-hybridized carbons (Fsp3) is 0.696. The van der Waals surface area contributed by atoms with Crippen molar-refractivity contribution in [2.24, 2.45) is 35.0 Å². The van der Waals surface area contributed by atoms with E-state index in [4.69, 9.17) is 0 Å². The smallest absolute Gasteiger partial charge is 0.223 e. The Morgan fingerprint density at radius 3 is 2.37 bits per heavy atom. The quantitative estimate of drug-likeness (QED) is 0.878. The first-order valence-electron chi connectivity index (χ1n) is 10.6. The van der Waals surface area contributed by atoms with Gasteiger partial charge in [-0.05, 0) is 84.8 Å². The summed E-state index contributed by atoms with van der Waals surface area (Å²) >= 11 is 0. The molecule has 1 aromatic carbocycles. The van der Waals surface area contributed by atoms with Crippen LogP contribution in [0.15, 0.2) is 24.3 Å². The standard InChI is InChI=1S/C23H30FNO2/c1-14-16-6-18-8-17(14)9-19(7-16)23(18,10-15-3-2-4-20(24)5-15)11-22(27)25-12-21(26)13-25/h2-5,14,16-19,21,26H,6-13H2,1H3. The molecule has 0 unspecified atom stereocenters. The van der Waals surface area contributed by atoms with Crippen molar-refractivity contribution in [1.82, 2.24) is 4.90 Å². The van der Waals surface area contributed by atoms with Crippen LogP contribution in [0.3, 0.4) is 0 Å². The average Bonchev–Trinajstić information content (AvgIpc) is 2.57. The van der Waals surface area contributed by atoms with Crippen molar-refractivity contribution in [3.8, 4) is 0 Å². The average molecular weight is 371 g/mol. The summed E-state index contributed by atoms with van der Waals surface area (Å²) in [6, 6.07) is 6.98. The molecule has 1 aliphatic heterocycles. The van der Waals surface area contributed by atoms with Crippen LogP contribution in [0.1, 0.15) is 44.6 Å². The highest BCUT2D eigenvalue weighted by Crippen LogP contribution is 2.66. The molecule has 1 aromatic rings. The maximum Gasteiger partial charge on any atom is 0.223 e. The monoisotopic (exact) mass is 371 g/mol. The Hall–Kier alpha value is -1.42. The van der Waals surface area contributed by atoms with E-state index in [9.17, 15) is 14.3 Å². The van der Waals surface area contributed by atoms with Crippen LogP contribution in [0.4, 0.5) is 4.39 Å². The van der Waals surface area contributed by atoms with Crippen molar-refractivity contribution >= 4 is 5.91 Å². The molecule has 6 rings (SSSR count). The van der Waals surface area contributed by atoms with Gasteiger partial charge in [-0.15, -0.1) is 0 Å². The topological polar surface area (TPSA) is 40.5 Å². The zero-order valence-corrected chi connectivity index (χ0v) is 16.1. The Bertz CT molecular complexity index is 712. The fourth-order valence-electron chi connectivity index (χ4n) is 7.08. The first kappa shape index (κ1) is 17.7. The van der Waals surface area contributed by atoms with Crippen LogP contribution in [0, 0.1) is 40.8 Å². The number of hydrogen-bond donors (Lipinski definition) is 1. The van der Waals surface area contributed by atoms with Crippen LogP contribution in [0.2, 0.25) is 0 Å². The Balaban J connectivity index is 1.46. The third-order valence-electron chi connectivity index (χ3n) is 8.58. The number of halogens is 1. The van der Waals surface area contributed by atoms with Gasteiger partial charge in [0.05, 0.1) is 6.10 Å². The molecule has 5 aliphatic rings. The molecule has 4 saturated carbocycles. The maximum atomic E-state index is 13.9. The highest BCUT2D eigenvalue weighted by molar-refractivity contribution is 5.78. The van der Waals surface area contributed by atoms with Gasteiger partial charge in [0.15, 0.2) is 0 Å². The number of benzene rings is 1. The van der Waals surface area contributed by atoms with Gasteiger partial charge in [-0.2, -0.15) is 0 Å². The third kappa shape index (κ3) is 2.83. The first-order chi connectivity index (χ1) is 12.9. The van der Waals surface area contributed by atoms with Crippen LogP contribution in [0.5, 0.6) is 0 Å². The van der Waals surface area contributed by atoms with Gasteiger partial charge in [-0.1, -0.05) is 19.1 Å². The lowest BCUT2D eigenvalue weighted by Gasteiger charge is -2.64. The van der Waals surface area contributed by atoms with Gasteiger partial charge in [0.1, 0.15) is 5.82 Å². The van der Waals surface area contributed by atoms with Gasteiger partial charge in [0, 0.05) is 19.5 Å². The lowest BCUT2D eigenvalue weighted by atomic mass is 9.41. The van der Waals surface area contributed by atoms with E-state index in [1.54, 1.807) is 12.1 Å². The van der Waals surface area contributed by atoms with Gasteiger partial charge in [0.25, 0.3) is 0 Å². The Morgan fingerprint density at radius 2 is 1.81 bits per heavy atom. The first-order valence-corrected chi connectivity index (χ1v) is 10.6. The number of nitrogens with zero attached hydrogens (tertiary/aromatic N) is 1. The van der Waals surface area contributed by atoms with Crippen molar-refractivity contribution in [2.75, 3.05) is 13.1 Å². The van der Waals surface area contributed by atoms with Crippen molar-refractivity contribution in [3.63, 3.8) is 0 Å². The predicted molar refractivity (Wildman–Crippen MR) is 101 cm³/mol. The van der Waals surface area contributed by atoms with E-state index in [2.05, 4.69) is 6.92 Å². The molecule has 0 atom stereocenters. The number of aliphatic hydroxyl groups excluding tert-OH is 1. The molecule has 0 aromatic heterocycles. The number of rotatable bonds is 4. The molecular formula is C23H30FNO2. The molecule has 1 saturated heterocycles. The van der Waals surface area contributed by atoms with E-state index in [-0.39, 0.29) is 23.2 Å². The normalized spacial score (nSPS) is 40.3. The van der Waals surface area contributed by atoms with E-state index in [1.165, 1.54) is 31.7 Å². The zero-order chi connectivity index (χ0) is 18.8. The minimum atomic E-state index is -0.354. The van der Waals surface area contributed by atoms with Crippen LogP contribution in [-0.2, 0) is 11.2 Å². The number of carbonyl (C=O) groups is 1. The second-order valence-corrected chi connectivity index (χ2v) is 9.89. The largest absolute Gasteiger partial charge is 0.389 e. The maximum absolute atomic E-state index is 13.9. The summed E-state index contributed by atoms with van der Waals surface area (Å²) in [5.74, 6) is 3.62. The SMILES string of the molecule is CC1C2CC3CC1CC(C2)C3(CC(=O)N1CC(O)C1)Cc1cccc(F)c1. The lowest BCUT2D eigenvalue weighted by molar-refractivity contribution is -0.164. The van der Waals surface area contributed by atoms with Crippen LogP contribution in [-0.4, -0.2) is 35.1 Å². The molecule has 1 amide bonds. The Morgan fingerprint density at radius 1 is 1.19 bits per heavy atom. The van der Waals surface area contributed by atoms with Gasteiger partial charge >= 0.3 is 0 Å². The number of amides is 1. The van der Waals surface area contributed by atoms with E-state index < -0.39 is 0 Å². The minimum Gasteiger partial charge on any atom is -0.389 e. The summed E-state index contributed by atoms with van der Waals surface area (Å²) in [4.78, 5) is 14.8. The third-order valence-corrected chi connectivity index (χ3v) is 8.58. The molecule has 1 heterocycles. The molecule has 3 nitrogen and oxygen atoms in total. The molecule has 27 heavy (non-hydrogen) atoms. The van der Waals surface area contributed by atoms with Gasteiger partial charge in [-0.3, -0.25) is 4.79 Å². The highest BCUT2D eigenvalue weighted by atomic mass is 19.1. The second kappa shape index (κ2) is 6.30. The molecule has 4 bridgehead atoms. The fourth-order valence-corrected chi connectivity index (χ4v) is 7.08. The van der Waals surface area contributed by atoms with Crippen molar-refractivity contribution in [3.05, 3.63) is 35.6 Å². The summed E-state index contributed by atoms with van der Waals surface area (Å²) in [6.07, 6.45) is 5.97. The van der Waals surface area contributed by atoms with E-state index in [0.717, 1.165) is 29.7 Å². The van der Waals surface area contributed by atoms with Gasteiger partial charge < -0.3 is 10.0 Å². The molecule has 1 N–H and O–H groups in total. The van der Waals surface area contributed by atoms with E-state index >= 15 is 0 Å². The Kier molecular flexibility index (Phi) is 4.12. The number of carbonyl (C=O) groups excluding carboxylic acids is 1. The summed E-state index contributed by atoms with van der Waals surface area (Å²) in [7, 11) is 0. The molecule has 0 spiro atoms. The van der Waals surface area contributed by atoms with E-state index in [0.29, 0.717) is 31.3 Å². The van der Waals surface area contributed by atoms with Crippen molar-refractivity contribution < 1.29 is 14.3 Å². The molecular weight excluding hydrogens is 341 g/mol. The van der Waals surface area contributed by atoms with Crippen LogP contribution < -0.4 is 0 Å². The minimum absolute atomic E-state index is 0.0292.